The molecule has 1 saturated heterocycles. The third kappa shape index (κ3) is 3.79. The van der Waals surface area contributed by atoms with Gasteiger partial charge in [-0.25, -0.2) is 4.79 Å². The van der Waals surface area contributed by atoms with Crippen molar-refractivity contribution in [2.75, 3.05) is 31.1 Å². The number of nitrogens with one attached hydrogen (secondary N) is 1. The highest BCUT2D eigenvalue weighted by molar-refractivity contribution is 6.33. The van der Waals surface area contributed by atoms with E-state index in [0.717, 1.165) is 29.4 Å². The normalized spacial score (nSPS) is 15.9. The van der Waals surface area contributed by atoms with Crippen LogP contribution >= 0.6 is 11.6 Å². The number of pyridine rings is 1. The number of para-hydroxylation sites is 1. The summed E-state index contributed by atoms with van der Waals surface area (Å²) in [5.41, 5.74) is 2.03. The zero-order valence-corrected chi connectivity index (χ0v) is 14.4. The lowest BCUT2D eigenvalue weighted by molar-refractivity contribution is 0.191. The molecule has 2 amide bonds. The van der Waals surface area contributed by atoms with Crippen molar-refractivity contribution < 1.29 is 4.79 Å². The molecule has 5 nitrogen and oxygen atoms in total. The fraction of sp³-hybridized carbons (Fsp3) is 0.333. The van der Waals surface area contributed by atoms with Gasteiger partial charge in [0.2, 0.25) is 0 Å². The van der Waals surface area contributed by atoms with Crippen molar-refractivity contribution in [2.45, 2.75) is 13.0 Å². The number of hydrogen-bond acceptors (Lipinski definition) is 3. The number of benzene rings is 1. The second-order valence-corrected chi connectivity index (χ2v) is 6.29. The minimum atomic E-state index is -0.0622. The fourth-order valence-electron chi connectivity index (χ4n) is 2.85. The first kappa shape index (κ1) is 16.6. The molecule has 1 N–H and O–H groups in total. The minimum Gasteiger partial charge on any atom is -0.367 e. The van der Waals surface area contributed by atoms with Crippen molar-refractivity contribution in [1.29, 1.82) is 0 Å². The van der Waals surface area contributed by atoms with Gasteiger partial charge in [-0.05, 0) is 30.7 Å². The van der Waals surface area contributed by atoms with E-state index in [1.807, 2.05) is 48.2 Å². The molecule has 0 radical (unpaired) electrons. The van der Waals surface area contributed by atoms with Gasteiger partial charge in [-0.15, -0.1) is 0 Å². The molecule has 3 rings (SSSR count). The van der Waals surface area contributed by atoms with E-state index in [2.05, 4.69) is 15.2 Å². The molecular formula is C18H21ClN4O. The highest BCUT2D eigenvalue weighted by Gasteiger charge is 2.23. The Labute approximate surface area is 147 Å². The van der Waals surface area contributed by atoms with E-state index in [1.165, 1.54) is 0 Å². The van der Waals surface area contributed by atoms with Crippen LogP contribution in [0, 0.1) is 0 Å². The van der Waals surface area contributed by atoms with Crippen LogP contribution in [0.15, 0.2) is 48.8 Å². The van der Waals surface area contributed by atoms with E-state index in [1.54, 1.807) is 12.4 Å². The van der Waals surface area contributed by atoms with Gasteiger partial charge in [0.1, 0.15) is 0 Å². The largest absolute Gasteiger partial charge is 0.367 e. The zero-order chi connectivity index (χ0) is 16.9. The smallest absolute Gasteiger partial charge is 0.317 e. The Morgan fingerprint density at radius 3 is 2.58 bits per heavy atom. The average molecular weight is 345 g/mol. The average Bonchev–Trinajstić information content (AvgIpc) is 2.63. The van der Waals surface area contributed by atoms with Gasteiger partial charge < -0.3 is 15.1 Å². The molecule has 1 aromatic carbocycles. The molecule has 1 atom stereocenters. The first-order chi connectivity index (χ1) is 11.6. The lowest BCUT2D eigenvalue weighted by atomic mass is 10.1. The molecule has 1 aliphatic rings. The maximum Gasteiger partial charge on any atom is 0.317 e. The second-order valence-electron chi connectivity index (χ2n) is 5.88. The Hall–Kier alpha value is -2.27. The molecule has 0 bridgehead atoms. The van der Waals surface area contributed by atoms with Crippen LogP contribution in [-0.4, -0.2) is 42.1 Å². The number of nitrogens with zero attached hydrogens (tertiary/aromatic N) is 3. The number of urea groups is 1. The summed E-state index contributed by atoms with van der Waals surface area (Å²) in [7, 11) is 0. The third-order valence-corrected chi connectivity index (χ3v) is 4.60. The first-order valence-corrected chi connectivity index (χ1v) is 8.48. The van der Waals surface area contributed by atoms with Crippen molar-refractivity contribution in [3.63, 3.8) is 0 Å². The van der Waals surface area contributed by atoms with Gasteiger partial charge in [0.05, 0.1) is 16.8 Å². The van der Waals surface area contributed by atoms with Crippen LogP contribution in [0.5, 0.6) is 0 Å². The van der Waals surface area contributed by atoms with Crippen molar-refractivity contribution >= 4 is 23.3 Å². The summed E-state index contributed by atoms with van der Waals surface area (Å²) < 4.78 is 0. The molecule has 126 valence electrons. The highest BCUT2D eigenvalue weighted by Crippen LogP contribution is 2.26. The quantitative estimate of drug-likeness (QED) is 0.929. The maximum atomic E-state index is 12.4. The molecule has 1 aliphatic heterocycles. The second kappa shape index (κ2) is 7.53. The van der Waals surface area contributed by atoms with Gasteiger partial charge in [-0.3, -0.25) is 4.98 Å². The Bertz CT molecular complexity index is 686. The van der Waals surface area contributed by atoms with Crippen LogP contribution in [0.1, 0.15) is 18.5 Å². The SMILES string of the molecule is CC(NC(=O)N1CCN(c2ccccc2Cl)CC1)c1cccnc1. The van der Waals surface area contributed by atoms with Crippen molar-refractivity contribution in [3.05, 3.63) is 59.4 Å². The number of carbonyl (C=O) groups excluding carboxylic acids is 1. The Kier molecular flexibility index (Phi) is 5.20. The number of halogens is 1. The number of amides is 2. The molecular weight excluding hydrogens is 324 g/mol. The maximum absolute atomic E-state index is 12.4. The van der Waals surface area contributed by atoms with E-state index in [-0.39, 0.29) is 12.1 Å². The molecule has 0 spiro atoms. The van der Waals surface area contributed by atoms with Gasteiger partial charge in [0.25, 0.3) is 0 Å². The van der Waals surface area contributed by atoms with Gasteiger partial charge in [0, 0.05) is 38.6 Å². The Morgan fingerprint density at radius 2 is 1.92 bits per heavy atom. The topological polar surface area (TPSA) is 48.5 Å². The van der Waals surface area contributed by atoms with E-state index in [9.17, 15) is 4.79 Å². The lowest BCUT2D eigenvalue weighted by Gasteiger charge is -2.36. The standard InChI is InChI=1S/C18H21ClN4O/c1-14(15-5-4-8-20-13-15)21-18(24)23-11-9-22(10-12-23)17-7-3-2-6-16(17)19/h2-8,13-14H,9-12H2,1H3,(H,21,24). The minimum absolute atomic E-state index is 0.0369. The number of hydrogen-bond donors (Lipinski definition) is 1. The van der Waals surface area contributed by atoms with E-state index in [4.69, 9.17) is 11.6 Å². The predicted octanol–water partition coefficient (Wildman–Crippen LogP) is 3.33. The lowest BCUT2D eigenvalue weighted by Crippen LogP contribution is -2.52. The van der Waals surface area contributed by atoms with E-state index in [0.29, 0.717) is 13.1 Å². The molecule has 0 saturated carbocycles. The summed E-state index contributed by atoms with van der Waals surface area (Å²) in [5, 5.41) is 3.78. The summed E-state index contributed by atoms with van der Waals surface area (Å²) in [4.78, 5) is 20.6. The van der Waals surface area contributed by atoms with Crippen molar-refractivity contribution in [3.8, 4) is 0 Å². The van der Waals surface area contributed by atoms with Gasteiger partial charge >= 0.3 is 6.03 Å². The molecule has 1 fully saturated rings. The molecule has 24 heavy (non-hydrogen) atoms. The summed E-state index contributed by atoms with van der Waals surface area (Å²) in [6, 6.07) is 11.6. The van der Waals surface area contributed by atoms with Crippen molar-refractivity contribution in [2.24, 2.45) is 0 Å². The van der Waals surface area contributed by atoms with E-state index >= 15 is 0 Å². The molecule has 2 heterocycles. The summed E-state index contributed by atoms with van der Waals surface area (Å²) >= 11 is 6.25. The van der Waals surface area contributed by atoms with Crippen LogP contribution in [0.3, 0.4) is 0 Å². The number of aromatic nitrogens is 1. The first-order valence-electron chi connectivity index (χ1n) is 8.10. The summed E-state index contributed by atoms with van der Waals surface area (Å²) in [5.74, 6) is 0. The summed E-state index contributed by atoms with van der Waals surface area (Å²) in [6.45, 7) is 4.87. The summed E-state index contributed by atoms with van der Waals surface area (Å²) in [6.07, 6.45) is 3.51. The number of anilines is 1. The van der Waals surface area contributed by atoms with E-state index < -0.39 is 0 Å². The van der Waals surface area contributed by atoms with Crippen LogP contribution in [-0.2, 0) is 0 Å². The monoisotopic (exact) mass is 344 g/mol. The van der Waals surface area contributed by atoms with Crippen LogP contribution in [0.25, 0.3) is 0 Å². The molecule has 2 aromatic rings. The molecule has 6 heteroatoms. The molecule has 0 aliphatic carbocycles. The number of carbonyl (C=O) groups is 1. The van der Waals surface area contributed by atoms with Crippen LogP contribution in [0.2, 0.25) is 5.02 Å². The van der Waals surface area contributed by atoms with Crippen LogP contribution in [0.4, 0.5) is 10.5 Å². The molecule has 1 unspecified atom stereocenters. The third-order valence-electron chi connectivity index (χ3n) is 4.28. The van der Waals surface area contributed by atoms with Gasteiger partial charge in [-0.2, -0.15) is 0 Å². The predicted molar refractivity (Wildman–Crippen MR) is 96.4 cm³/mol. The van der Waals surface area contributed by atoms with Crippen molar-refractivity contribution in [1.82, 2.24) is 15.2 Å². The zero-order valence-electron chi connectivity index (χ0n) is 13.7. The van der Waals surface area contributed by atoms with Crippen LogP contribution < -0.4 is 10.2 Å². The Balaban J connectivity index is 1.55. The van der Waals surface area contributed by atoms with Gasteiger partial charge in [-0.1, -0.05) is 29.8 Å². The number of piperazine rings is 1. The number of rotatable bonds is 3. The van der Waals surface area contributed by atoms with Gasteiger partial charge in [0.15, 0.2) is 0 Å². The highest BCUT2D eigenvalue weighted by atomic mass is 35.5. The molecule has 1 aromatic heterocycles. The fourth-order valence-corrected chi connectivity index (χ4v) is 3.11. The Morgan fingerprint density at radius 1 is 1.17 bits per heavy atom.